The van der Waals surface area contributed by atoms with Gasteiger partial charge in [-0.3, -0.25) is 9.59 Å². The van der Waals surface area contributed by atoms with Gasteiger partial charge in [-0.15, -0.1) is 0 Å². The maximum absolute atomic E-state index is 12.8. The van der Waals surface area contributed by atoms with Crippen LogP contribution in [0.3, 0.4) is 0 Å². The van der Waals surface area contributed by atoms with Gasteiger partial charge in [-0.25, -0.2) is 4.98 Å². The Bertz CT molecular complexity index is 852. The van der Waals surface area contributed by atoms with Crippen LogP contribution in [0.1, 0.15) is 70.6 Å². The number of hydrogen-bond acceptors (Lipinski definition) is 3. The minimum atomic E-state index is -0.249. The van der Waals surface area contributed by atoms with Gasteiger partial charge in [0.2, 0.25) is 0 Å². The molecule has 1 heterocycles. The number of aromatic nitrogens is 1. The minimum absolute atomic E-state index is 0.0203. The average Bonchev–Trinajstić information content (AvgIpc) is 2.91. The second-order valence-corrected chi connectivity index (χ2v) is 8.53. The Morgan fingerprint density at radius 1 is 0.893 bits per heavy atom. The van der Waals surface area contributed by atoms with E-state index in [9.17, 15) is 9.59 Å². The molecule has 2 bridgehead atoms. The highest BCUT2D eigenvalue weighted by Gasteiger charge is 2.52. The maximum atomic E-state index is 12.8. The van der Waals surface area contributed by atoms with Crippen molar-refractivity contribution in [2.45, 2.75) is 63.5 Å². The molecule has 28 heavy (non-hydrogen) atoms. The van der Waals surface area contributed by atoms with E-state index in [-0.39, 0.29) is 22.9 Å². The van der Waals surface area contributed by atoms with Crippen molar-refractivity contribution in [2.24, 2.45) is 0 Å². The maximum Gasteiger partial charge on any atom is 0.270 e. The SMILES string of the molecule is Cc1cccc(C(=O)N[C@@]23CCC[C@@](NC(=O)c4cccc(C)n4)(CC2)C3)c1. The summed E-state index contributed by atoms with van der Waals surface area (Å²) in [5.74, 6) is -0.139. The van der Waals surface area contributed by atoms with Gasteiger partial charge in [0.15, 0.2) is 0 Å². The van der Waals surface area contributed by atoms with Gasteiger partial charge in [0.25, 0.3) is 11.8 Å². The standard InChI is InChI=1S/C23H27N3O2/c1-16-6-3-8-18(14-16)20(27)25-22-10-5-11-23(15-22,13-12-22)26-21(28)19-9-4-7-17(2)24-19/h3-4,6-9,14H,5,10-13,15H2,1-2H3,(H,25,27)(H,26,28)/t22-,23+/m0/s1. The molecule has 5 heteroatoms. The summed E-state index contributed by atoms with van der Waals surface area (Å²) < 4.78 is 0. The number of carbonyl (C=O) groups is 2. The van der Waals surface area contributed by atoms with E-state index < -0.39 is 0 Å². The molecule has 1 aromatic heterocycles. The van der Waals surface area contributed by atoms with E-state index in [0.717, 1.165) is 49.8 Å². The molecule has 2 atom stereocenters. The van der Waals surface area contributed by atoms with Crippen molar-refractivity contribution >= 4 is 11.8 Å². The zero-order chi connectivity index (χ0) is 19.8. The Hall–Kier alpha value is -2.69. The molecule has 0 radical (unpaired) electrons. The molecule has 5 nitrogen and oxygen atoms in total. The molecule has 0 saturated heterocycles. The fraction of sp³-hybridized carbons (Fsp3) is 0.435. The first-order valence-electron chi connectivity index (χ1n) is 10.0. The highest BCUT2D eigenvalue weighted by atomic mass is 16.2. The van der Waals surface area contributed by atoms with Gasteiger partial charge in [0.05, 0.1) is 0 Å². The zero-order valence-electron chi connectivity index (χ0n) is 16.5. The van der Waals surface area contributed by atoms with Gasteiger partial charge in [0.1, 0.15) is 5.69 Å². The number of benzene rings is 1. The summed E-state index contributed by atoms with van der Waals surface area (Å²) in [6.45, 7) is 3.88. The Kier molecular flexibility index (Phi) is 4.69. The number of pyridine rings is 1. The van der Waals surface area contributed by atoms with Crippen LogP contribution in [0.2, 0.25) is 0 Å². The van der Waals surface area contributed by atoms with Crippen molar-refractivity contribution in [3.8, 4) is 0 Å². The van der Waals surface area contributed by atoms with E-state index in [1.54, 1.807) is 6.07 Å². The van der Waals surface area contributed by atoms with Crippen LogP contribution in [0.15, 0.2) is 42.5 Å². The predicted octanol–water partition coefficient (Wildman–Crippen LogP) is 3.70. The quantitative estimate of drug-likeness (QED) is 0.853. The lowest BCUT2D eigenvalue weighted by Gasteiger charge is -2.40. The Labute approximate surface area is 165 Å². The number of hydrogen-bond donors (Lipinski definition) is 2. The van der Waals surface area contributed by atoms with Gasteiger partial charge in [-0.2, -0.15) is 0 Å². The first kappa shape index (κ1) is 18.7. The minimum Gasteiger partial charge on any atom is -0.347 e. The van der Waals surface area contributed by atoms with E-state index >= 15 is 0 Å². The van der Waals surface area contributed by atoms with Crippen molar-refractivity contribution in [1.82, 2.24) is 15.6 Å². The monoisotopic (exact) mass is 377 g/mol. The number of nitrogens with zero attached hydrogens (tertiary/aromatic N) is 1. The van der Waals surface area contributed by atoms with Crippen molar-refractivity contribution in [2.75, 3.05) is 0 Å². The summed E-state index contributed by atoms with van der Waals surface area (Å²) in [6, 6.07) is 13.2. The molecule has 4 rings (SSSR count). The first-order chi connectivity index (χ1) is 13.4. The third kappa shape index (κ3) is 3.66. The smallest absolute Gasteiger partial charge is 0.270 e. The number of amides is 2. The number of aryl methyl sites for hydroxylation is 2. The largest absolute Gasteiger partial charge is 0.347 e. The van der Waals surface area contributed by atoms with Gasteiger partial charge in [-0.1, -0.05) is 23.8 Å². The second-order valence-electron chi connectivity index (χ2n) is 8.53. The van der Waals surface area contributed by atoms with Crippen LogP contribution < -0.4 is 10.6 Å². The van der Waals surface area contributed by atoms with Crippen molar-refractivity contribution in [3.05, 3.63) is 65.0 Å². The molecule has 0 unspecified atom stereocenters. The molecular formula is C23H27N3O2. The van der Waals surface area contributed by atoms with Crippen LogP contribution in [0, 0.1) is 13.8 Å². The van der Waals surface area contributed by atoms with Gasteiger partial charge >= 0.3 is 0 Å². The van der Waals surface area contributed by atoms with E-state index in [0.29, 0.717) is 11.3 Å². The van der Waals surface area contributed by atoms with Crippen LogP contribution in [-0.4, -0.2) is 27.9 Å². The van der Waals surface area contributed by atoms with Gasteiger partial charge < -0.3 is 10.6 Å². The van der Waals surface area contributed by atoms with E-state index in [1.165, 1.54) is 0 Å². The summed E-state index contributed by atoms with van der Waals surface area (Å²) >= 11 is 0. The summed E-state index contributed by atoms with van der Waals surface area (Å²) in [7, 11) is 0. The fourth-order valence-electron chi connectivity index (χ4n) is 4.91. The molecule has 2 saturated carbocycles. The van der Waals surface area contributed by atoms with Crippen LogP contribution >= 0.6 is 0 Å². The molecule has 2 fully saturated rings. The van der Waals surface area contributed by atoms with Crippen molar-refractivity contribution < 1.29 is 9.59 Å². The van der Waals surface area contributed by atoms with E-state index in [2.05, 4.69) is 15.6 Å². The lowest BCUT2D eigenvalue weighted by molar-refractivity contribution is 0.0829. The van der Waals surface area contributed by atoms with Gasteiger partial charge in [-0.05, 0) is 76.6 Å². The third-order valence-electron chi connectivity index (χ3n) is 6.23. The molecule has 2 amide bonds. The highest BCUT2D eigenvalue weighted by molar-refractivity contribution is 5.95. The third-order valence-corrected chi connectivity index (χ3v) is 6.23. The molecule has 2 aliphatic rings. The Morgan fingerprint density at radius 3 is 2.25 bits per heavy atom. The van der Waals surface area contributed by atoms with E-state index in [1.807, 2.05) is 50.2 Å². The predicted molar refractivity (Wildman–Crippen MR) is 108 cm³/mol. The van der Waals surface area contributed by atoms with Crippen molar-refractivity contribution in [3.63, 3.8) is 0 Å². The number of fused-ring (bicyclic) bond motifs is 2. The molecule has 2 aliphatic carbocycles. The number of nitrogens with one attached hydrogen (secondary N) is 2. The lowest BCUT2D eigenvalue weighted by Crippen LogP contribution is -2.55. The van der Waals surface area contributed by atoms with Crippen LogP contribution in [0.5, 0.6) is 0 Å². The van der Waals surface area contributed by atoms with Crippen LogP contribution in [0.25, 0.3) is 0 Å². The normalized spacial score (nSPS) is 25.9. The van der Waals surface area contributed by atoms with Gasteiger partial charge in [0, 0.05) is 22.3 Å². The topological polar surface area (TPSA) is 71.1 Å². The lowest BCUT2D eigenvalue weighted by atomic mass is 9.78. The number of carbonyl (C=O) groups excluding carboxylic acids is 2. The fourth-order valence-corrected chi connectivity index (χ4v) is 4.91. The zero-order valence-corrected chi connectivity index (χ0v) is 16.5. The first-order valence-corrected chi connectivity index (χ1v) is 10.0. The summed E-state index contributed by atoms with van der Waals surface area (Å²) in [5.41, 5.74) is 2.59. The number of rotatable bonds is 4. The molecule has 0 aliphatic heterocycles. The Balaban J connectivity index is 1.48. The molecule has 2 aromatic rings. The second kappa shape index (κ2) is 7.04. The molecule has 146 valence electrons. The Morgan fingerprint density at radius 2 is 1.57 bits per heavy atom. The summed E-state index contributed by atoms with van der Waals surface area (Å²) in [4.78, 5) is 29.9. The average molecular weight is 377 g/mol. The molecular weight excluding hydrogens is 350 g/mol. The molecule has 2 N–H and O–H groups in total. The van der Waals surface area contributed by atoms with Crippen LogP contribution in [0.4, 0.5) is 0 Å². The molecule has 0 spiro atoms. The van der Waals surface area contributed by atoms with E-state index in [4.69, 9.17) is 0 Å². The summed E-state index contributed by atoms with van der Waals surface area (Å²) in [6.07, 6.45) is 5.48. The highest BCUT2D eigenvalue weighted by Crippen LogP contribution is 2.48. The van der Waals surface area contributed by atoms with Crippen molar-refractivity contribution in [1.29, 1.82) is 0 Å². The molecule has 1 aromatic carbocycles. The van der Waals surface area contributed by atoms with Crippen LogP contribution in [-0.2, 0) is 0 Å². The summed E-state index contributed by atoms with van der Waals surface area (Å²) in [5, 5.41) is 6.57.